The molecule has 5 N–H and O–H groups in total. The lowest BCUT2D eigenvalue weighted by Gasteiger charge is -2.30. The Morgan fingerprint density at radius 2 is 1.39 bits per heavy atom. The number of carbonyl (C=O) groups is 1. The van der Waals surface area contributed by atoms with E-state index in [0.717, 1.165) is 16.6 Å². The fourth-order valence-electron chi connectivity index (χ4n) is 9.30. The van der Waals surface area contributed by atoms with Gasteiger partial charge in [0.25, 0.3) is 40.5 Å². The van der Waals surface area contributed by atoms with Gasteiger partial charge in [0.2, 0.25) is 5.69 Å². The van der Waals surface area contributed by atoms with E-state index in [1.807, 2.05) is 61.5 Å². The van der Waals surface area contributed by atoms with Crippen LogP contribution >= 0.6 is 0 Å². The topological polar surface area (TPSA) is 261 Å². The van der Waals surface area contributed by atoms with E-state index in [4.69, 9.17) is 0 Å². The van der Waals surface area contributed by atoms with Crippen molar-refractivity contribution < 1.29 is 66.4 Å². The molecule has 64 heavy (non-hydrogen) atoms. The summed E-state index contributed by atoms with van der Waals surface area (Å²) in [6, 6.07) is 13.1. The number of carboxylic acids is 1. The molecule has 0 radical (unpaired) electrons. The van der Waals surface area contributed by atoms with Crippen molar-refractivity contribution in [3.05, 3.63) is 102 Å². The van der Waals surface area contributed by atoms with Crippen LogP contribution in [0.25, 0.3) is 21.5 Å². The molecule has 1 atom stereocenters. The molecule has 4 aromatic rings. The van der Waals surface area contributed by atoms with Gasteiger partial charge < -0.3 is 10.0 Å². The van der Waals surface area contributed by atoms with Gasteiger partial charge in [0.1, 0.15) is 11.4 Å². The first-order valence-electron chi connectivity index (χ1n) is 20.5. The lowest BCUT2D eigenvalue weighted by molar-refractivity contribution is -0.438. The van der Waals surface area contributed by atoms with Crippen LogP contribution < -0.4 is 4.90 Å². The maximum atomic E-state index is 12.6. The minimum atomic E-state index is -4.96. The maximum absolute atomic E-state index is 12.6. The van der Waals surface area contributed by atoms with Crippen molar-refractivity contribution >= 4 is 85.1 Å². The van der Waals surface area contributed by atoms with Crippen molar-refractivity contribution in [2.24, 2.45) is 0 Å². The molecule has 6 rings (SSSR count). The van der Waals surface area contributed by atoms with Crippen molar-refractivity contribution in [1.29, 1.82) is 0 Å². The molecule has 344 valence electrons. The zero-order valence-corrected chi connectivity index (χ0v) is 38.9. The summed E-state index contributed by atoms with van der Waals surface area (Å²) in [6.07, 6.45) is 12.0. The molecule has 2 aliphatic heterocycles. The van der Waals surface area contributed by atoms with Crippen LogP contribution in [0.15, 0.2) is 105 Å². The first-order valence-corrected chi connectivity index (χ1v) is 26.4. The summed E-state index contributed by atoms with van der Waals surface area (Å²) in [6.45, 7) is 8.33. The average Bonchev–Trinajstić information content (AvgIpc) is 3.54. The third-order valence-electron chi connectivity index (χ3n) is 12.0. The van der Waals surface area contributed by atoms with Crippen LogP contribution in [-0.4, -0.2) is 92.1 Å². The van der Waals surface area contributed by atoms with Gasteiger partial charge in [-0.2, -0.15) is 38.2 Å². The first kappa shape index (κ1) is 48.7. The van der Waals surface area contributed by atoms with E-state index >= 15 is 0 Å². The van der Waals surface area contributed by atoms with Gasteiger partial charge in [-0.05, 0) is 111 Å². The van der Waals surface area contributed by atoms with E-state index in [2.05, 4.69) is 0 Å². The Morgan fingerprint density at radius 3 is 2.02 bits per heavy atom. The monoisotopic (exact) mass is 959 g/mol. The van der Waals surface area contributed by atoms with Gasteiger partial charge in [-0.15, -0.1) is 0 Å². The number of hydrogen-bond donors (Lipinski definition) is 5. The molecule has 0 saturated heterocycles. The summed E-state index contributed by atoms with van der Waals surface area (Å²) in [5.74, 6) is -1.41. The van der Waals surface area contributed by atoms with E-state index in [9.17, 15) is 61.8 Å². The minimum Gasteiger partial charge on any atom is -0.481 e. The average molecular weight is 960 g/mol. The highest BCUT2D eigenvalue weighted by Gasteiger charge is 2.47. The number of hydrogen-bond acceptors (Lipinski definition) is 10. The molecule has 0 aromatic heterocycles. The maximum Gasteiger partial charge on any atom is 0.303 e. The molecular formula is C44H51N2O14S4+. The molecule has 0 saturated carbocycles. The van der Waals surface area contributed by atoms with Crippen LogP contribution in [0.2, 0.25) is 0 Å². The van der Waals surface area contributed by atoms with Crippen LogP contribution in [0.5, 0.6) is 0 Å². The molecular weight excluding hydrogens is 909 g/mol. The Labute approximate surface area is 373 Å². The molecule has 4 aromatic carbocycles. The van der Waals surface area contributed by atoms with E-state index in [0.29, 0.717) is 72.8 Å². The number of carboxylic acid groups (broad SMARTS) is 1. The molecule has 1 unspecified atom stereocenters. The van der Waals surface area contributed by atoms with Gasteiger partial charge in [0, 0.05) is 59.3 Å². The summed E-state index contributed by atoms with van der Waals surface area (Å²) in [7, 11) is -18.7. The van der Waals surface area contributed by atoms with Crippen molar-refractivity contribution in [2.45, 2.75) is 98.2 Å². The number of benzene rings is 4. The second kappa shape index (κ2) is 17.9. The number of rotatable bonds is 18. The molecule has 20 heteroatoms. The number of aliphatic carboxylic acids is 1. The third kappa shape index (κ3) is 9.88. The molecule has 0 spiro atoms. The number of unbranched alkanes of at least 4 members (excludes halogenated alkanes) is 2. The molecule has 0 amide bonds. The van der Waals surface area contributed by atoms with E-state index in [1.165, 1.54) is 24.3 Å². The van der Waals surface area contributed by atoms with Crippen LogP contribution in [-0.2, 0) is 56.1 Å². The van der Waals surface area contributed by atoms with E-state index < -0.39 is 72.8 Å². The van der Waals surface area contributed by atoms with Crippen LogP contribution in [0, 0.1) is 0 Å². The molecule has 0 bridgehead atoms. The number of allylic oxidation sites excluding steroid dienone is 6. The zero-order valence-electron chi connectivity index (χ0n) is 35.6. The van der Waals surface area contributed by atoms with E-state index in [1.54, 1.807) is 30.4 Å². The SMILES string of the molecule is CCCC1(C)\C(=C/C=C/C=C/C2=[N+](CCCCCC(=O)O)c3ccc4c(S(=O)(=O)O)cc(S(=O)(=O)O)cc4c3C2(C)C)N(CCCS(=O)(=O)O)c2ccc3ccc(S(=O)(=O)O)cc3c21. The van der Waals surface area contributed by atoms with Gasteiger partial charge in [0.15, 0.2) is 5.71 Å². The number of fused-ring (bicyclic) bond motifs is 6. The van der Waals surface area contributed by atoms with Gasteiger partial charge in [-0.1, -0.05) is 43.7 Å². The van der Waals surface area contributed by atoms with Crippen molar-refractivity contribution in [1.82, 2.24) is 0 Å². The van der Waals surface area contributed by atoms with Crippen molar-refractivity contribution in [2.75, 3.05) is 23.7 Å². The lowest BCUT2D eigenvalue weighted by atomic mass is 9.76. The Hall–Kier alpha value is -4.80. The fraction of sp³-hybridized carbons (Fsp3) is 0.364. The molecule has 2 aliphatic rings. The van der Waals surface area contributed by atoms with Gasteiger partial charge in [-0.3, -0.25) is 23.0 Å². The second-order valence-corrected chi connectivity index (χ2v) is 22.6. The van der Waals surface area contributed by atoms with Crippen LogP contribution in [0.1, 0.15) is 83.8 Å². The highest BCUT2D eigenvalue weighted by Crippen LogP contribution is 2.53. The Bertz CT molecular complexity index is 3150. The Morgan fingerprint density at radius 1 is 0.719 bits per heavy atom. The number of anilines is 1. The molecule has 2 heterocycles. The zero-order chi connectivity index (χ0) is 47.2. The second-order valence-electron chi connectivity index (χ2n) is 16.8. The molecule has 16 nitrogen and oxygen atoms in total. The predicted octanol–water partition coefficient (Wildman–Crippen LogP) is 7.61. The van der Waals surface area contributed by atoms with Crippen molar-refractivity contribution in [3.8, 4) is 0 Å². The predicted molar refractivity (Wildman–Crippen MR) is 243 cm³/mol. The van der Waals surface area contributed by atoms with Crippen LogP contribution in [0.4, 0.5) is 11.4 Å². The summed E-state index contributed by atoms with van der Waals surface area (Å²) in [5, 5.41) is 10.7. The Kier molecular flexibility index (Phi) is 13.6. The van der Waals surface area contributed by atoms with Gasteiger partial charge in [0.05, 0.1) is 21.0 Å². The highest BCUT2D eigenvalue weighted by molar-refractivity contribution is 7.87. The highest BCUT2D eigenvalue weighted by atomic mass is 32.2. The smallest absolute Gasteiger partial charge is 0.303 e. The molecule has 0 aliphatic carbocycles. The van der Waals surface area contributed by atoms with Gasteiger partial charge >= 0.3 is 5.97 Å². The summed E-state index contributed by atoms with van der Waals surface area (Å²) < 4.78 is 140. The van der Waals surface area contributed by atoms with Gasteiger partial charge in [-0.25, -0.2) is 0 Å². The Balaban J connectivity index is 1.47. The first-order chi connectivity index (χ1) is 29.7. The van der Waals surface area contributed by atoms with Crippen LogP contribution in [0.3, 0.4) is 0 Å². The third-order valence-corrected chi connectivity index (χ3v) is 15.4. The standard InChI is InChI=1S/C44H50N2O14S4/c1-5-22-44(4)39(46(24-12-25-61(49,50)51)36-20-17-29-16-18-30(62(52,53)54)26-33(29)42(36)44)14-9-6-8-13-38-43(2,3)41-34-27-31(63(55,56)57)28-37(64(58,59)60)32(34)19-21-35(41)45(38)23-11-7-10-15-40(47)48/h6,8-9,13-14,16-21,26-28H,5,7,10-12,15,22-25H2,1-4H3,(H4-,47,48,49,50,51,52,53,54,55,56,57,58,59,60)/p+1. The van der Waals surface area contributed by atoms with E-state index in [-0.39, 0.29) is 35.1 Å². The quantitative estimate of drug-likeness (QED) is 0.0278. The normalized spacial score (nSPS) is 18.6. The lowest BCUT2D eigenvalue weighted by Crippen LogP contribution is -2.30. The summed E-state index contributed by atoms with van der Waals surface area (Å²) >= 11 is 0. The summed E-state index contributed by atoms with van der Waals surface area (Å²) in [4.78, 5) is 11.5. The fourth-order valence-corrected chi connectivity index (χ4v) is 11.6. The number of nitrogens with zero attached hydrogens (tertiary/aromatic N) is 2. The molecule has 0 fully saturated rings. The summed E-state index contributed by atoms with van der Waals surface area (Å²) in [5.41, 5.74) is 2.45. The largest absolute Gasteiger partial charge is 0.481 e. The minimum absolute atomic E-state index is 0.0114. The van der Waals surface area contributed by atoms with Crippen molar-refractivity contribution in [3.63, 3.8) is 0 Å².